The molecule has 0 N–H and O–H groups in total. The van der Waals surface area contributed by atoms with Crippen LogP contribution in [0.25, 0.3) is 0 Å². The Labute approximate surface area is 127 Å². The fraction of sp³-hybridized carbons (Fsp3) is 0.368. The first-order valence-electron chi connectivity index (χ1n) is 7.86. The van der Waals surface area contributed by atoms with E-state index < -0.39 is 0 Å². The first kappa shape index (κ1) is 14.0. The number of fused-ring (bicyclic) bond motifs is 1. The molecule has 0 heterocycles. The molecule has 0 radical (unpaired) electrons. The zero-order valence-electron chi connectivity index (χ0n) is 12.9. The van der Waals surface area contributed by atoms with Gasteiger partial charge >= 0.3 is 0 Å². The summed E-state index contributed by atoms with van der Waals surface area (Å²) in [4.78, 5) is 2.24. The summed E-state index contributed by atoms with van der Waals surface area (Å²) < 4.78 is 5.64. The Balaban J connectivity index is 1.76. The largest absolute Gasteiger partial charge is 0.494 e. The van der Waals surface area contributed by atoms with Crippen LogP contribution >= 0.6 is 0 Å². The Bertz CT molecular complexity index is 603. The molecular formula is C19H23NO. The van der Waals surface area contributed by atoms with E-state index in [9.17, 15) is 0 Å². The molecule has 1 aliphatic rings. The average Bonchev–Trinajstić information content (AvgIpc) is 3.00. The predicted octanol–water partition coefficient (Wildman–Crippen LogP) is 4.73. The summed E-state index contributed by atoms with van der Waals surface area (Å²) in [5.41, 5.74) is 5.49. The Morgan fingerprint density at radius 1 is 0.952 bits per heavy atom. The summed E-state index contributed by atoms with van der Waals surface area (Å²) >= 11 is 0. The van der Waals surface area contributed by atoms with Gasteiger partial charge in [0.15, 0.2) is 0 Å². The van der Waals surface area contributed by atoms with E-state index in [0.29, 0.717) is 0 Å². The van der Waals surface area contributed by atoms with Crippen LogP contribution in [0.1, 0.15) is 30.9 Å². The molecule has 1 aliphatic carbocycles. The molecule has 2 nitrogen and oxygen atoms in total. The third-order valence-corrected chi connectivity index (χ3v) is 4.17. The second-order valence-electron chi connectivity index (χ2n) is 5.71. The van der Waals surface area contributed by atoms with E-state index in [1.807, 2.05) is 0 Å². The van der Waals surface area contributed by atoms with Gasteiger partial charge in [0.1, 0.15) is 5.75 Å². The zero-order valence-corrected chi connectivity index (χ0v) is 12.9. The molecule has 0 atom stereocenters. The molecule has 21 heavy (non-hydrogen) atoms. The van der Waals surface area contributed by atoms with Gasteiger partial charge in [0.25, 0.3) is 0 Å². The maximum absolute atomic E-state index is 5.64. The van der Waals surface area contributed by atoms with E-state index in [1.165, 1.54) is 41.8 Å². The van der Waals surface area contributed by atoms with Crippen molar-refractivity contribution in [2.75, 3.05) is 18.6 Å². The fourth-order valence-corrected chi connectivity index (χ4v) is 2.90. The number of anilines is 2. The summed E-state index contributed by atoms with van der Waals surface area (Å²) in [6.45, 7) is 2.90. The van der Waals surface area contributed by atoms with Crippen molar-refractivity contribution >= 4 is 11.4 Å². The highest BCUT2D eigenvalue weighted by atomic mass is 16.5. The van der Waals surface area contributed by atoms with Gasteiger partial charge < -0.3 is 9.64 Å². The van der Waals surface area contributed by atoms with Crippen molar-refractivity contribution in [2.45, 2.75) is 32.6 Å². The van der Waals surface area contributed by atoms with Crippen molar-refractivity contribution in [3.8, 4) is 5.75 Å². The lowest BCUT2D eigenvalue weighted by atomic mass is 10.1. The van der Waals surface area contributed by atoms with Gasteiger partial charge in [-0.25, -0.2) is 0 Å². The van der Waals surface area contributed by atoms with Crippen LogP contribution in [0.4, 0.5) is 11.4 Å². The topological polar surface area (TPSA) is 12.5 Å². The summed E-state index contributed by atoms with van der Waals surface area (Å²) in [5.74, 6) is 0.947. The molecule has 0 amide bonds. The van der Waals surface area contributed by atoms with Gasteiger partial charge in [0.2, 0.25) is 0 Å². The van der Waals surface area contributed by atoms with Gasteiger partial charge in [-0.15, -0.1) is 0 Å². The van der Waals surface area contributed by atoms with Crippen molar-refractivity contribution in [3.63, 3.8) is 0 Å². The van der Waals surface area contributed by atoms with Gasteiger partial charge in [0, 0.05) is 18.4 Å². The number of aryl methyl sites for hydroxylation is 2. The summed E-state index contributed by atoms with van der Waals surface area (Å²) in [7, 11) is 2.12. The SMILES string of the molecule is CCCOc1ccc(N(C)c2ccc3c(c2)CCC3)cc1. The van der Waals surface area contributed by atoms with Crippen molar-refractivity contribution in [1.82, 2.24) is 0 Å². The highest BCUT2D eigenvalue weighted by Crippen LogP contribution is 2.30. The Hall–Kier alpha value is -1.96. The van der Waals surface area contributed by atoms with Crippen molar-refractivity contribution in [2.24, 2.45) is 0 Å². The molecule has 0 saturated heterocycles. The van der Waals surface area contributed by atoms with Crippen LogP contribution in [-0.2, 0) is 12.8 Å². The Kier molecular flexibility index (Phi) is 4.14. The molecule has 0 unspecified atom stereocenters. The van der Waals surface area contributed by atoms with Crippen molar-refractivity contribution in [3.05, 3.63) is 53.6 Å². The van der Waals surface area contributed by atoms with Crippen LogP contribution in [0, 0.1) is 0 Å². The number of hydrogen-bond donors (Lipinski definition) is 0. The Morgan fingerprint density at radius 2 is 1.67 bits per heavy atom. The van der Waals surface area contributed by atoms with E-state index in [1.54, 1.807) is 0 Å². The van der Waals surface area contributed by atoms with Crippen LogP contribution in [-0.4, -0.2) is 13.7 Å². The smallest absolute Gasteiger partial charge is 0.119 e. The third kappa shape index (κ3) is 3.05. The van der Waals surface area contributed by atoms with E-state index >= 15 is 0 Å². The van der Waals surface area contributed by atoms with E-state index in [-0.39, 0.29) is 0 Å². The van der Waals surface area contributed by atoms with Gasteiger partial charge in [-0.05, 0) is 73.2 Å². The molecule has 110 valence electrons. The zero-order chi connectivity index (χ0) is 14.7. The maximum atomic E-state index is 5.64. The lowest BCUT2D eigenvalue weighted by Crippen LogP contribution is -2.09. The van der Waals surface area contributed by atoms with Crippen LogP contribution in [0.5, 0.6) is 5.75 Å². The minimum atomic E-state index is 0.778. The molecule has 0 aromatic heterocycles. The van der Waals surface area contributed by atoms with Gasteiger partial charge in [-0.3, -0.25) is 0 Å². The summed E-state index contributed by atoms with van der Waals surface area (Å²) in [6, 6.07) is 15.2. The van der Waals surface area contributed by atoms with Crippen LogP contribution in [0.2, 0.25) is 0 Å². The normalized spacial score (nSPS) is 13.0. The number of nitrogens with zero attached hydrogens (tertiary/aromatic N) is 1. The molecule has 2 aromatic carbocycles. The minimum Gasteiger partial charge on any atom is -0.494 e. The molecule has 2 aromatic rings. The molecule has 3 rings (SSSR count). The van der Waals surface area contributed by atoms with Crippen molar-refractivity contribution < 1.29 is 4.74 Å². The summed E-state index contributed by atoms with van der Waals surface area (Å²) in [5, 5.41) is 0. The quantitative estimate of drug-likeness (QED) is 0.785. The molecule has 0 bridgehead atoms. The Morgan fingerprint density at radius 3 is 2.43 bits per heavy atom. The fourth-order valence-electron chi connectivity index (χ4n) is 2.90. The molecule has 0 saturated carbocycles. The first-order valence-corrected chi connectivity index (χ1v) is 7.86. The van der Waals surface area contributed by atoms with Gasteiger partial charge in [0.05, 0.1) is 6.61 Å². The number of rotatable bonds is 5. The molecular weight excluding hydrogens is 258 g/mol. The molecule has 0 spiro atoms. The minimum absolute atomic E-state index is 0.778. The van der Waals surface area contributed by atoms with E-state index in [0.717, 1.165) is 18.8 Å². The van der Waals surface area contributed by atoms with Crippen LogP contribution in [0.3, 0.4) is 0 Å². The van der Waals surface area contributed by atoms with Crippen molar-refractivity contribution in [1.29, 1.82) is 0 Å². The van der Waals surface area contributed by atoms with Crippen LogP contribution in [0.15, 0.2) is 42.5 Å². The average molecular weight is 281 g/mol. The monoisotopic (exact) mass is 281 g/mol. The standard InChI is InChI=1S/C19H23NO/c1-3-13-21-19-11-9-17(10-12-19)20(2)18-8-7-15-5-4-6-16(15)14-18/h7-12,14H,3-6,13H2,1-2H3. The first-order chi connectivity index (χ1) is 10.3. The van der Waals surface area contributed by atoms with Gasteiger partial charge in [-0.2, -0.15) is 0 Å². The highest BCUT2D eigenvalue weighted by molar-refractivity contribution is 5.64. The molecule has 0 aliphatic heterocycles. The molecule has 0 fully saturated rings. The predicted molar refractivity (Wildman–Crippen MR) is 88.8 cm³/mol. The second-order valence-corrected chi connectivity index (χ2v) is 5.71. The lowest BCUT2D eigenvalue weighted by molar-refractivity contribution is 0.317. The second kappa shape index (κ2) is 6.21. The van der Waals surface area contributed by atoms with Gasteiger partial charge in [-0.1, -0.05) is 13.0 Å². The lowest BCUT2D eigenvalue weighted by Gasteiger charge is -2.21. The molecule has 2 heteroatoms. The summed E-state index contributed by atoms with van der Waals surface area (Å²) in [6.07, 6.45) is 4.80. The van der Waals surface area contributed by atoms with E-state index in [2.05, 4.69) is 61.3 Å². The third-order valence-electron chi connectivity index (χ3n) is 4.17. The number of benzene rings is 2. The number of ether oxygens (including phenoxy) is 1. The van der Waals surface area contributed by atoms with E-state index in [4.69, 9.17) is 4.74 Å². The van der Waals surface area contributed by atoms with Crippen LogP contribution < -0.4 is 9.64 Å². The highest BCUT2D eigenvalue weighted by Gasteiger charge is 2.12. The number of hydrogen-bond acceptors (Lipinski definition) is 2. The maximum Gasteiger partial charge on any atom is 0.119 e.